The average molecular weight is 222 g/mol. The van der Waals surface area contributed by atoms with Gasteiger partial charge >= 0.3 is 5.97 Å². The van der Waals surface area contributed by atoms with Gasteiger partial charge in [-0.1, -0.05) is 13.0 Å². The summed E-state index contributed by atoms with van der Waals surface area (Å²) in [6, 6.07) is 5.47. The van der Waals surface area contributed by atoms with Gasteiger partial charge in [-0.3, -0.25) is 15.1 Å². The molecule has 1 heterocycles. The topological polar surface area (TPSA) is 51.2 Å². The van der Waals surface area contributed by atoms with Gasteiger partial charge in [0.05, 0.1) is 12.3 Å². The first kappa shape index (κ1) is 12.6. The van der Waals surface area contributed by atoms with Crippen LogP contribution in [0.25, 0.3) is 0 Å². The van der Waals surface area contributed by atoms with Crippen LogP contribution in [0, 0.1) is 0 Å². The Morgan fingerprint density at radius 3 is 2.88 bits per heavy atom. The molecule has 1 N–H and O–H groups in total. The molecule has 0 fully saturated rings. The van der Waals surface area contributed by atoms with Crippen molar-refractivity contribution in [3.63, 3.8) is 0 Å². The van der Waals surface area contributed by atoms with Crippen LogP contribution in [0.3, 0.4) is 0 Å². The maximum Gasteiger partial charge on any atom is 0.323 e. The Morgan fingerprint density at radius 1 is 1.50 bits per heavy atom. The molecule has 0 aliphatic rings. The Kier molecular flexibility index (Phi) is 5.50. The molecule has 0 aromatic carbocycles. The molecule has 4 heteroatoms. The van der Waals surface area contributed by atoms with Gasteiger partial charge in [0.25, 0.3) is 0 Å². The lowest BCUT2D eigenvalue weighted by atomic mass is 10.2. The molecule has 88 valence electrons. The van der Waals surface area contributed by atoms with Gasteiger partial charge in [0, 0.05) is 12.7 Å². The van der Waals surface area contributed by atoms with Crippen LogP contribution in [0.5, 0.6) is 0 Å². The van der Waals surface area contributed by atoms with Gasteiger partial charge in [0.2, 0.25) is 0 Å². The highest BCUT2D eigenvalue weighted by atomic mass is 16.5. The molecular formula is C12H18N2O2. The normalized spacial score (nSPS) is 12.1. The van der Waals surface area contributed by atoms with E-state index < -0.39 is 0 Å². The number of pyridine rings is 1. The van der Waals surface area contributed by atoms with Crippen molar-refractivity contribution in [2.75, 3.05) is 6.61 Å². The van der Waals surface area contributed by atoms with E-state index in [0.717, 1.165) is 5.69 Å². The summed E-state index contributed by atoms with van der Waals surface area (Å²) in [6.45, 7) is 4.76. The van der Waals surface area contributed by atoms with E-state index >= 15 is 0 Å². The number of nitrogens with one attached hydrogen (secondary N) is 1. The summed E-state index contributed by atoms with van der Waals surface area (Å²) in [6.07, 6.45) is 2.45. The van der Waals surface area contributed by atoms with Crippen LogP contribution in [0.2, 0.25) is 0 Å². The number of ether oxygens (including phenoxy) is 1. The molecule has 1 rings (SSSR count). The maximum atomic E-state index is 11.5. The number of hydrogen-bond donors (Lipinski definition) is 1. The molecule has 4 nitrogen and oxygen atoms in total. The minimum Gasteiger partial charge on any atom is -0.465 e. The van der Waals surface area contributed by atoms with Crippen LogP contribution in [-0.4, -0.2) is 23.6 Å². The summed E-state index contributed by atoms with van der Waals surface area (Å²) in [4.78, 5) is 15.7. The molecule has 16 heavy (non-hydrogen) atoms. The number of rotatable bonds is 6. The van der Waals surface area contributed by atoms with Crippen LogP contribution in [-0.2, 0) is 16.1 Å². The number of aromatic nitrogens is 1. The zero-order valence-corrected chi connectivity index (χ0v) is 9.77. The van der Waals surface area contributed by atoms with Gasteiger partial charge in [-0.25, -0.2) is 0 Å². The molecular weight excluding hydrogens is 204 g/mol. The van der Waals surface area contributed by atoms with Crippen molar-refractivity contribution in [1.82, 2.24) is 10.3 Å². The first-order valence-electron chi connectivity index (χ1n) is 5.57. The van der Waals surface area contributed by atoms with Crippen molar-refractivity contribution < 1.29 is 9.53 Å². The van der Waals surface area contributed by atoms with Gasteiger partial charge in [-0.15, -0.1) is 0 Å². The summed E-state index contributed by atoms with van der Waals surface area (Å²) < 4.78 is 4.96. The molecule has 0 saturated carbocycles. The zero-order valence-electron chi connectivity index (χ0n) is 9.77. The quantitative estimate of drug-likeness (QED) is 0.741. The van der Waals surface area contributed by atoms with Crippen LogP contribution in [0.15, 0.2) is 24.4 Å². The lowest BCUT2D eigenvalue weighted by Gasteiger charge is -2.14. The van der Waals surface area contributed by atoms with Gasteiger partial charge < -0.3 is 4.74 Å². The monoisotopic (exact) mass is 222 g/mol. The number of nitrogens with zero attached hydrogens (tertiary/aromatic N) is 1. The summed E-state index contributed by atoms with van der Waals surface area (Å²) >= 11 is 0. The third kappa shape index (κ3) is 3.98. The Bertz CT molecular complexity index is 314. The van der Waals surface area contributed by atoms with Gasteiger partial charge in [-0.05, 0) is 25.5 Å². The van der Waals surface area contributed by atoms with Crippen LogP contribution < -0.4 is 5.32 Å². The Balaban J connectivity index is 2.43. The van der Waals surface area contributed by atoms with Crippen LogP contribution in [0.4, 0.5) is 0 Å². The second kappa shape index (κ2) is 6.95. The third-order valence-electron chi connectivity index (χ3n) is 2.24. The van der Waals surface area contributed by atoms with Crippen molar-refractivity contribution >= 4 is 5.97 Å². The lowest BCUT2D eigenvalue weighted by Crippen LogP contribution is -2.37. The molecule has 0 bridgehead atoms. The van der Waals surface area contributed by atoms with Gasteiger partial charge in [0.1, 0.15) is 6.04 Å². The van der Waals surface area contributed by atoms with Crippen molar-refractivity contribution in [2.45, 2.75) is 32.9 Å². The highest BCUT2D eigenvalue weighted by Gasteiger charge is 2.16. The molecule has 0 radical (unpaired) electrons. The third-order valence-corrected chi connectivity index (χ3v) is 2.24. The molecule has 0 spiro atoms. The zero-order chi connectivity index (χ0) is 11.8. The van der Waals surface area contributed by atoms with Crippen LogP contribution in [0.1, 0.15) is 26.0 Å². The first-order chi connectivity index (χ1) is 7.77. The minimum absolute atomic E-state index is 0.194. The van der Waals surface area contributed by atoms with E-state index in [1.54, 1.807) is 6.20 Å². The van der Waals surface area contributed by atoms with Crippen molar-refractivity contribution in [1.29, 1.82) is 0 Å². The number of carbonyl (C=O) groups excluding carboxylic acids is 1. The number of hydrogen-bond acceptors (Lipinski definition) is 4. The smallest absolute Gasteiger partial charge is 0.323 e. The van der Waals surface area contributed by atoms with E-state index in [1.165, 1.54) is 0 Å². The second-order valence-electron chi connectivity index (χ2n) is 3.41. The van der Waals surface area contributed by atoms with Crippen LogP contribution >= 0.6 is 0 Å². The highest BCUT2D eigenvalue weighted by Crippen LogP contribution is 1.98. The molecule has 1 atom stereocenters. The number of carbonyl (C=O) groups is 1. The first-order valence-corrected chi connectivity index (χ1v) is 5.57. The fraction of sp³-hybridized carbons (Fsp3) is 0.500. The molecule has 0 amide bonds. The molecule has 1 unspecified atom stereocenters. The predicted molar refractivity (Wildman–Crippen MR) is 61.8 cm³/mol. The predicted octanol–water partition coefficient (Wildman–Crippen LogP) is 1.51. The standard InChI is InChI=1S/C12H18N2O2/c1-3-11(12(15)16-4-2)14-9-10-7-5-6-8-13-10/h5-8,11,14H,3-4,9H2,1-2H3. The second-order valence-corrected chi connectivity index (χ2v) is 3.41. The van der Waals surface area contributed by atoms with Crippen molar-refractivity contribution in [3.05, 3.63) is 30.1 Å². The lowest BCUT2D eigenvalue weighted by molar-refractivity contribution is -0.145. The summed E-state index contributed by atoms with van der Waals surface area (Å²) in [5, 5.41) is 3.13. The Labute approximate surface area is 96.0 Å². The van der Waals surface area contributed by atoms with E-state index in [4.69, 9.17) is 4.74 Å². The van der Waals surface area contributed by atoms with E-state index in [9.17, 15) is 4.79 Å². The number of esters is 1. The molecule has 0 aliphatic heterocycles. The molecule has 0 saturated heterocycles. The van der Waals surface area contributed by atoms with E-state index in [0.29, 0.717) is 19.6 Å². The van der Waals surface area contributed by atoms with E-state index in [1.807, 2.05) is 32.0 Å². The molecule has 1 aromatic rings. The largest absolute Gasteiger partial charge is 0.465 e. The summed E-state index contributed by atoms with van der Waals surface area (Å²) in [5.74, 6) is -0.194. The van der Waals surface area contributed by atoms with Gasteiger partial charge in [0.15, 0.2) is 0 Å². The van der Waals surface area contributed by atoms with Crippen molar-refractivity contribution in [3.8, 4) is 0 Å². The average Bonchev–Trinajstić information content (AvgIpc) is 2.31. The Hall–Kier alpha value is -1.42. The SMILES string of the molecule is CCOC(=O)C(CC)NCc1ccccn1. The fourth-order valence-corrected chi connectivity index (χ4v) is 1.37. The summed E-state index contributed by atoms with van der Waals surface area (Å²) in [7, 11) is 0. The van der Waals surface area contributed by atoms with E-state index in [-0.39, 0.29) is 12.0 Å². The highest BCUT2D eigenvalue weighted by molar-refractivity contribution is 5.75. The Morgan fingerprint density at radius 2 is 2.31 bits per heavy atom. The molecule has 1 aromatic heterocycles. The fourth-order valence-electron chi connectivity index (χ4n) is 1.37. The minimum atomic E-state index is -0.248. The van der Waals surface area contributed by atoms with E-state index in [2.05, 4.69) is 10.3 Å². The summed E-state index contributed by atoms with van der Waals surface area (Å²) in [5.41, 5.74) is 0.922. The molecule has 0 aliphatic carbocycles. The maximum absolute atomic E-state index is 11.5. The van der Waals surface area contributed by atoms with Gasteiger partial charge in [-0.2, -0.15) is 0 Å². The van der Waals surface area contributed by atoms with Crippen molar-refractivity contribution in [2.24, 2.45) is 0 Å².